The zero-order valence-electron chi connectivity index (χ0n) is 15.6. The molecule has 1 aromatic carbocycles. The van der Waals surface area contributed by atoms with E-state index in [-0.39, 0.29) is 11.7 Å². The van der Waals surface area contributed by atoms with Crippen LogP contribution in [0.5, 0.6) is 0 Å². The fourth-order valence-electron chi connectivity index (χ4n) is 3.11. The van der Waals surface area contributed by atoms with Gasteiger partial charge in [-0.25, -0.2) is 4.98 Å². The minimum Gasteiger partial charge on any atom is -0.344 e. The summed E-state index contributed by atoms with van der Waals surface area (Å²) in [6.45, 7) is 3.70. The van der Waals surface area contributed by atoms with Crippen LogP contribution in [0.1, 0.15) is 16.8 Å². The number of thioether (sulfide) groups is 1. The van der Waals surface area contributed by atoms with Gasteiger partial charge in [0.15, 0.2) is 5.65 Å². The Kier molecular flexibility index (Phi) is 4.49. The van der Waals surface area contributed by atoms with Crippen molar-refractivity contribution in [2.75, 3.05) is 11.1 Å². The van der Waals surface area contributed by atoms with Crippen LogP contribution >= 0.6 is 11.8 Å². The summed E-state index contributed by atoms with van der Waals surface area (Å²) in [7, 11) is 1.93. The van der Waals surface area contributed by atoms with Crippen molar-refractivity contribution in [2.24, 2.45) is 7.05 Å². The van der Waals surface area contributed by atoms with Crippen molar-refractivity contribution in [3.05, 3.63) is 41.1 Å². The zero-order valence-corrected chi connectivity index (χ0v) is 16.4. The molecule has 0 bridgehead atoms. The molecule has 3 heterocycles. The molecule has 4 aromatic rings. The number of rotatable bonds is 4. The van der Waals surface area contributed by atoms with Gasteiger partial charge in [-0.2, -0.15) is 5.26 Å². The molecule has 0 spiro atoms. The molecule has 4 rings (SSSR count). The summed E-state index contributed by atoms with van der Waals surface area (Å²) < 4.78 is 1.97. The number of nitrogens with one attached hydrogen (secondary N) is 2. The highest BCUT2D eigenvalue weighted by Crippen LogP contribution is 2.26. The third kappa shape index (κ3) is 2.97. The first-order chi connectivity index (χ1) is 13.5. The van der Waals surface area contributed by atoms with Gasteiger partial charge in [0.25, 0.3) is 0 Å². The van der Waals surface area contributed by atoms with Gasteiger partial charge >= 0.3 is 0 Å². The Morgan fingerprint density at radius 3 is 2.89 bits per heavy atom. The number of aryl methyl sites for hydroxylation is 2. The van der Waals surface area contributed by atoms with Gasteiger partial charge in [0.2, 0.25) is 11.1 Å². The number of H-pyrrole nitrogens is 1. The fourth-order valence-corrected chi connectivity index (χ4v) is 3.69. The van der Waals surface area contributed by atoms with Gasteiger partial charge in [0.05, 0.1) is 16.8 Å². The Bertz CT molecular complexity index is 1260. The van der Waals surface area contributed by atoms with E-state index in [2.05, 4.69) is 31.6 Å². The molecule has 0 saturated carbocycles. The maximum Gasteiger partial charge on any atom is 0.235 e. The number of amides is 1. The maximum atomic E-state index is 12.3. The topological polar surface area (TPSA) is 112 Å². The molecule has 0 aliphatic heterocycles. The van der Waals surface area contributed by atoms with E-state index < -0.39 is 0 Å². The van der Waals surface area contributed by atoms with Gasteiger partial charge in [-0.1, -0.05) is 30.0 Å². The third-order valence-corrected chi connectivity index (χ3v) is 5.53. The maximum absolute atomic E-state index is 12.3. The van der Waals surface area contributed by atoms with Crippen LogP contribution in [-0.2, 0) is 11.8 Å². The molecular formula is C19H17N7OS. The number of carbonyl (C=O) groups is 1. The number of carbonyl (C=O) groups excluding carboxylic acids is 1. The van der Waals surface area contributed by atoms with E-state index in [1.165, 1.54) is 11.8 Å². The smallest absolute Gasteiger partial charge is 0.235 e. The molecule has 140 valence electrons. The minimum absolute atomic E-state index is 0.110. The lowest BCUT2D eigenvalue weighted by molar-refractivity contribution is -0.113. The van der Waals surface area contributed by atoms with Crippen LogP contribution in [0.2, 0.25) is 0 Å². The highest BCUT2D eigenvalue weighted by atomic mass is 32.2. The number of aromatic nitrogens is 5. The molecular weight excluding hydrogens is 374 g/mol. The van der Waals surface area contributed by atoms with Crippen molar-refractivity contribution < 1.29 is 4.79 Å². The molecule has 8 nitrogen and oxygen atoms in total. The number of para-hydroxylation sites is 1. The first-order valence-corrected chi connectivity index (χ1v) is 9.58. The lowest BCUT2D eigenvalue weighted by Gasteiger charge is -2.03. The third-order valence-electron chi connectivity index (χ3n) is 4.70. The largest absolute Gasteiger partial charge is 0.344 e. The number of anilines is 1. The van der Waals surface area contributed by atoms with Crippen molar-refractivity contribution in [3.8, 4) is 6.07 Å². The summed E-state index contributed by atoms with van der Waals surface area (Å²) >= 11 is 1.20. The molecule has 9 heteroatoms. The molecule has 28 heavy (non-hydrogen) atoms. The lowest BCUT2D eigenvalue weighted by Crippen LogP contribution is -2.15. The summed E-state index contributed by atoms with van der Waals surface area (Å²) in [5.74, 6) is 0.286. The number of nitrogens with zero attached hydrogens (tertiary/aromatic N) is 5. The van der Waals surface area contributed by atoms with Crippen LogP contribution in [-0.4, -0.2) is 36.4 Å². The number of fused-ring (bicyclic) bond motifs is 3. The molecule has 0 unspecified atom stereocenters. The van der Waals surface area contributed by atoms with E-state index in [1.807, 2.05) is 49.7 Å². The van der Waals surface area contributed by atoms with Crippen LogP contribution in [0.25, 0.3) is 22.1 Å². The summed E-state index contributed by atoms with van der Waals surface area (Å²) in [5, 5.41) is 21.9. The van der Waals surface area contributed by atoms with E-state index in [4.69, 9.17) is 0 Å². The van der Waals surface area contributed by atoms with Crippen LogP contribution in [0.3, 0.4) is 0 Å². The highest BCUT2D eigenvalue weighted by Gasteiger charge is 2.16. The monoisotopic (exact) mass is 391 g/mol. The molecule has 1 amide bonds. The Morgan fingerprint density at radius 2 is 2.11 bits per heavy atom. The van der Waals surface area contributed by atoms with Gasteiger partial charge in [-0.15, -0.1) is 10.2 Å². The molecule has 2 N–H and O–H groups in total. The summed E-state index contributed by atoms with van der Waals surface area (Å²) in [6.07, 6.45) is 0. The Morgan fingerprint density at radius 1 is 1.32 bits per heavy atom. The first kappa shape index (κ1) is 18.0. The van der Waals surface area contributed by atoms with E-state index >= 15 is 0 Å². The normalized spacial score (nSPS) is 11.1. The first-order valence-electron chi connectivity index (χ1n) is 8.59. The second-order valence-corrected chi connectivity index (χ2v) is 7.36. The number of nitriles is 1. The van der Waals surface area contributed by atoms with Crippen molar-refractivity contribution >= 4 is 45.6 Å². The van der Waals surface area contributed by atoms with Crippen molar-refractivity contribution in [1.29, 1.82) is 5.26 Å². The highest BCUT2D eigenvalue weighted by molar-refractivity contribution is 7.99. The zero-order chi connectivity index (χ0) is 19.8. The number of aromatic amines is 1. The van der Waals surface area contributed by atoms with Crippen LogP contribution in [0, 0.1) is 25.2 Å². The summed E-state index contributed by atoms with van der Waals surface area (Å²) in [5.41, 5.74) is 4.63. The van der Waals surface area contributed by atoms with Gasteiger partial charge in [0, 0.05) is 18.1 Å². The van der Waals surface area contributed by atoms with Crippen molar-refractivity contribution in [3.63, 3.8) is 0 Å². The molecule has 3 aromatic heterocycles. The van der Waals surface area contributed by atoms with Crippen LogP contribution in [0.15, 0.2) is 29.4 Å². The van der Waals surface area contributed by atoms with Crippen molar-refractivity contribution in [1.82, 2.24) is 24.7 Å². The predicted octanol–water partition coefficient (Wildman–Crippen LogP) is 3.06. The molecule has 0 fully saturated rings. The van der Waals surface area contributed by atoms with Crippen LogP contribution in [0.4, 0.5) is 5.82 Å². The molecule has 0 saturated heterocycles. The van der Waals surface area contributed by atoms with E-state index in [9.17, 15) is 10.1 Å². The number of hydrogen-bond donors (Lipinski definition) is 2. The fraction of sp³-hybridized carbons (Fsp3) is 0.211. The quantitative estimate of drug-likeness (QED) is 0.517. The van der Waals surface area contributed by atoms with Crippen molar-refractivity contribution in [2.45, 2.75) is 19.0 Å². The molecule has 0 aliphatic carbocycles. The van der Waals surface area contributed by atoms with Gasteiger partial charge in [0.1, 0.15) is 17.4 Å². The Labute approximate surface area is 165 Å². The number of benzene rings is 1. The second-order valence-electron chi connectivity index (χ2n) is 6.42. The SMILES string of the molecule is Cc1[nH]c(NC(=O)CSc2nnc3c4ccccc4n(C)c3n2)c(C#N)c1C. The number of hydrogen-bond acceptors (Lipinski definition) is 6. The Hall–Kier alpha value is -3.38. The van der Waals surface area contributed by atoms with Gasteiger partial charge in [-0.3, -0.25) is 4.79 Å². The van der Waals surface area contributed by atoms with Gasteiger partial charge < -0.3 is 14.9 Å². The average molecular weight is 391 g/mol. The summed E-state index contributed by atoms with van der Waals surface area (Å²) in [6, 6.07) is 10.0. The van der Waals surface area contributed by atoms with E-state index in [0.717, 1.165) is 33.3 Å². The molecule has 0 aliphatic rings. The van der Waals surface area contributed by atoms with Gasteiger partial charge in [-0.05, 0) is 25.5 Å². The average Bonchev–Trinajstić information content (AvgIpc) is 3.14. The minimum atomic E-state index is -0.247. The summed E-state index contributed by atoms with van der Waals surface area (Å²) in [4.78, 5) is 19.9. The van der Waals surface area contributed by atoms with E-state index in [0.29, 0.717) is 16.5 Å². The standard InChI is InChI=1S/C19H17N7OS/c1-10-11(2)21-17(13(10)8-20)22-15(27)9-28-19-23-18-16(24-25-19)12-6-4-5-7-14(12)26(18)3/h4-7,21H,9H2,1-3H3,(H,22,27). The molecule has 0 radical (unpaired) electrons. The lowest BCUT2D eigenvalue weighted by atomic mass is 10.2. The molecule has 0 atom stereocenters. The second kappa shape index (κ2) is 6.98. The van der Waals surface area contributed by atoms with E-state index in [1.54, 1.807) is 0 Å². The van der Waals surface area contributed by atoms with Crippen LogP contribution < -0.4 is 5.32 Å². The predicted molar refractivity (Wildman–Crippen MR) is 108 cm³/mol. The Balaban J connectivity index is 1.52.